The molecule has 0 amide bonds. The fourth-order valence-corrected chi connectivity index (χ4v) is 1.25. The number of imidazole rings is 1. The minimum absolute atomic E-state index is 0.743. The van der Waals surface area contributed by atoms with Gasteiger partial charge in [0.1, 0.15) is 11.8 Å². The molecule has 1 saturated heterocycles. The maximum Gasteiger partial charge on any atom is 0.182 e. The zero-order valence-corrected chi connectivity index (χ0v) is 6.36. The van der Waals surface area contributed by atoms with E-state index in [0.717, 1.165) is 30.1 Å². The summed E-state index contributed by atoms with van der Waals surface area (Å²) in [6.07, 6.45) is 3.20. The molecule has 1 aliphatic rings. The molecule has 2 aromatic heterocycles. The van der Waals surface area contributed by atoms with Crippen LogP contribution < -0.4 is 4.90 Å². The smallest absolute Gasteiger partial charge is 0.182 e. The van der Waals surface area contributed by atoms with E-state index in [9.17, 15) is 0 Å². The summed E-state index contributed by atoms with van der Waals surface area (Å²) < 4.78 is 0. The van der Waals surface area contributed by atoms with Crippen molar-refractivity contribution in [1.82, 2.24) is 19.9 Å². The molecular weight excluding hydrogens is 154 g/mol. The number of anilines is 1. The maximum absolute atomic E-state index is 4.18. The molecule has 2 aromatic rings. The molecule has 1 N–H and O–H groups in total. The van der Waals surface area contributed by atoms with E-state index in [1.54, 1.807) is 12.7 Å². The van der Waals surface area contributed by atoms with Crippen LogP contribution >= 0.6 is 0 Å². The third-order valence-corrected chi connectivity index (χ3v) is 1.95. The standard InChI is InChI=1S/C7H7N5/c1-2-12(1)7-5-6(9-3-8-5)10-4-11-7/h3-4H,1-2H2,(H,8,9,10,11). The first kappa shape index (κ1) is 5.93. The van der Waals surface area contributed by atoms with Gasteiger partial charge in [-0.05, 0) is 0 Å². The number of hydrogen-bond acceptors (Lipinski definition) is 4. The Bertz CT molecular complexity index is 416. The first-order valence-electron chi connectivity index (χ1n) is 3.84. The molecular formula is C7H7N5. The van der Waals surface area contributed by atoms with E-state index in [1.807, 2.05) is 0 Å². The van der Waals surface area contributed by atoms with Crippen molar-refractivity contribution < 1.29 is 0 Å². The van der Waals surface area contributed by atoms with Crippen molar-refractivity contribution in [3.63, 3.8) is 0 Å². The second kappa shape index (κ2) is 1.94. The summed E-state index contributed by atoms with van der Waals surface area (Å²) >= 11 is 0. The summed E-state index contributed by atoms with van der Waals surface area (Å²) in [6.45, 7) is 2.18. The number of H-pyrrole nitrogens is 1. The van der Waals surface area contributed by atoms with Crippen LogP contribution in [-0.2, 0) is 0 Å². The van der Waals surface area contributed by atoms with Crippen LogP contribution in [0.4, 0.5) is 5.82 Å². The SMILES string of the molecule is c1nc(N2CC2)c2[nH]cnc2n1. The van der Waals surface area contributed by atoms with E-state index >= 15 is 0 Å². The van der Waals surface area contributed by atoms with Crippen molar-refractivity contribution in [2.24, 2.45) is 0 Å². The highest BCUT2D eigenvalue weighted by molar-refractivity contribution is 5.83. The Morgan fingerprint density at radius 1 is 1.25 bits per heavy atom. The van der Waals surface area contributed by atoms with Gasteiger partial charge in [0.2, 0.25) is 0 Å². The molecule has 3 heterocycles. The van der Waals surface area contributed by atoms with E-state index < -0.39 is 0 Å². The van der Waals surface area contributed by atoms with Crippen LogP contribution in [0.25, 0.3) is 11.2 Å². The molecule has 0 saturated carbocycles. The number of nitrogens with zero attached hydrogens (tertiary/aromatic N) is 4. The Labute approximate surface area is 68.5 Å². The highest BCUT2D eigenvalue weighted by Gasteiger charge is 2.22. The number of nitrogens with one attached hydrogen (secondary N) is 1. The van der Waals surface area contributed by atoms with Crippen molar-refractivity contribution in [1.29, 1.82) is 0 Å². The van der Waals surface area contributed by atoms with E-state index in [0.29, 0.717) is 0 Å². The third kappa shape index (κ3) is 0.702. The number of aromatic amines is 1. The number of rotatable bonds is 1. The number of hydrogen-bond donors (Lipinski definition) is 1. The lowest BCUT2D eigenvalue weighted by atomic mass is 10.5. The van der Waals surface area contributed by atoms with Gasteiger partial charge in [-0.1, -0.05) is 0 Å². The van der Waals surface area contributed by atoms with Gasteiger partial charge in [0.05, 0.1) is 6.33 Å². The Kier molecular flexibility index (Phi) is 0.957. The Balaban J connectivity index is 2.32. The predicted octanol–water partition coefficient (Wildman–Crippen LogP) is 0.173. The predicted molar refractivity (Wildman–Crippen MR) is 43.9 cm³/mol. The number of fused-ring (bicyclic) bond motifs is 1. The summed E-state index contributed by atoms with van der Waals surface area (Å²) in [5.74, 6) is 0.970. The fraction of sp³-hybridized carbons (Fsp3) is 0.286. The first-order chi connectivity index (χ1) is 5.95. The average molecular weight is 161 g/mol. The fourth-order valence-electron chi connectivity index (χ4n) is 1.25. The van der Waals surface area contributed by atoms with Crippen LogP contribution in [0.5, 0.6) is 0 Å². The molecule has 5 heteroatoms. The van der Waals surface area contributed by atoms with Crippen LogP contribution in [-0.4, -0.2) is 33.0 Å². The minimum atomic E-state index is 0.743. The molecule has 0 bridgehead atoms. The van der Waals surface area contributed by atoms with Crippen LogP contribution in [0.1, 0.15) is 0 Å². The highest BCUT2D eigenvalue weighted by Crippen LogP contribution is 2.23. The van der Waals surface area contributed by atoms with Gasteiger partial charge < -0.3 is 9.88 Å². The molecule has 0 unspecified atom stereocenters. The minimum Gasteiger partial charge on any atom is -0.351 e. The lowest BCUT2D eigenvalue weighted by Crippen LogP contribution is -1.96. The van der Waals surface area contributed by atoms with Crippen molar-refractivity contribution in [3.8, 4) is 0 Å². The van der Waals surface area contributed by atoms with E-state index in [4.69, 9.17) is 0 Å². The van der Waals surface area contributed by atoms with Gasteiger partial charge in [-0.25, -0.2) is 15.0 Å². The van der Waals surface area contributed by atoms with Gasteiger partial charge in [-0.3, -0.25) is 0 Å². The lowest BCUT2D eigenvalue weighted by molar-refractivity contribution is 1.16. The molecule has 0 aliphatic carbocycles. The molecule has 60 valence electrons. The van der Waals surface area contributed by atoms with Crippen molar-refractivity contribution in [2.45, 2.75) is 0 Å². The van der Waals surface area contributed by atoms with Crippen molar-refractivity contribution in [2.75, 3.05) is 18.0 Å². The second-order valence-corrected chi connectivity index (χ2v) is 2.79. The first-order valence-corrected chi connectivity index (χ1v) is 3.84. The summed E-state index contributed by atoms with van der Waals surface area (Å²) in [5, 5.41) is 0. The normalized spacial score (nSPS) is 15.5. The van der Waals surface area contributed by atoms with Gasteiger partial charge >= 0.3 is 0 Å². The van der Waals surface area contributed by atoms with Gasteiger partial charge in [0.15, 0.2) is 11.5 Å². The van der Waals surface area contributed by atoms with Gasteiger partial charge in [0, 0.05) is 13.1 Å². The summed E-state index contributed by atoms with van der Waals surface area (Å²) in [7, 11) is 0. The zero-order chi connectivity index (χ0) is 7.97. The Hall–Kier alpha value is -1.65. The van der Waals surface area contributed by atoms with E-state index in [1.165, 1.54) is 0 Å². The van der Waals surface area contributed by atoms with Crippen molar-refractivity contribution >= 4 is 17.0 Å². The molecule has 0 radical (unpaired) electrons. The van der Waals surface area contributed by atoms with E-state index in [2.05, 4.69) is 24.8 Å². The largest absolute Gasteiger partial charge is 0.351 e. The average Bonchev–Trinajstić information content (AvgIpc) is 2.82. The van der Waals surface area contributed by atoms with Crippen LogP contribution in [0.3, 0.4) is 0 Å². The van der Waals surface area contributed by atoms with Crippen LogP contribution in [0, 0.1) is 0 Å². The van der Waals surface area contributed by atoms with Crippen LogP contribution in [0.2, 0.25) is 0 Å². The van der Waals surface area contributed by atoms with E-state index in [-0.39, 0.29) is 0 Å². The summed E-state index contributed by atoms with van der Waals surface area (Å²) in [4.78, 5) is 17.5. The highest BCUT2D eigenvalue weighted by atomic mass is 15.3. The van der Waals surface area contributed by atoms with Crippen molar-refractivity contribution in [3.05, 3.63) is 12.7 Å². The lowest BCUT2D eigenvalue weighted by Gasteiger charge is -1.99. The van der Waals surface area contributed by atoms with Gasteiger partial charge in [0.25, 0.3) is 0 Å². The molecule has 0 aromatic carbocycles. The van der Waals surface area contributed by atoms with Crippen LogP contribution in [0.15, 0.2) is 12.7 Å². The second-order valence-electron chi connectivity index (χ2n) is 2.79. The van der Waals surface area contributed by atoms with Gasteiger partial charge in [-0.2, -0.15) is 0 Å². The summed E-state index contributed by atoms with van der Waals surface area (Å²) in [5.41, 5.74) is 1.68. The Morgan fingerprint density at radius 3 is 3.00 bits per heavy atom. The number of aromatic nitrogens is 4. The topological polar surface area (TPSA) is 57.5 Å². The molecule has 0 atom stereocenters. The summed E-state index contributed by atoms with van der Waals surface area (Å²) in [6, 6.07) is 0. The third-order valence-electron chi connectivity index (χ3n) is 1.95. The zero-order valence-electron chi connectivity index (χ0n) is 6.36. The molecule has 5 nitrogen and oxygen atoms in total. The molecule has 1 aliphatic heterocycles. The quantitative estimate of drug-likeness (QED) is 0.606. The monoisotopic (exact) mass is 161 g/mol. The Morgan fingerprint density at radius 2 is 2.17 bits per heavy atom. The van der Waals surface area contributed by atoms with Gasteiger partial charge in [-0.15, -0.1) is 0 Å². The maximum atomic E-state index is 4.18. The molecule has 1 fully saturated rings. The molecule has 12 heavy (non-hydrogen) atoms. The molecule has 0 spiro atoms. The molecule has 3 rings (SSSR count).